The second kappa shape index (κ2) is 6.87. The number of hydrogen-bond donors (Lipinski definition) is 1. The summed E-state index contributed by atoms with van der Waals surface area (Å²) in [6.07, 6.45) is 0.697. The average molecular weight is 337 g/mol. The minimum atomic E-state index is -4.85. The molecule has 1 aliphatic carbocycles. The normalized spacial score (nSPS) is 18.0. The molecule has 0 aromatic heterocycles. The lowest BCUT2D eigenvalue weighted by molar-refractivity contribution is -0.274. The van der Waals surface area contributed by atoms with E-state index in [0.29, 0.717) is 0 Å². The number of hydrogen-bond acceptors (Lipinski definition) is 3. The van der Waals surface area contributed by atoms with Gasteiger partial charge in [-0.05, 0) is 25.0 Å². The Morgan fingerprint density at radius 1 is 1.09 bits per heavy atom. The van der Waals surface area contributed by atoms with Crippen molar-refractivity contribution in [2.24, 2.45) is 0 Å². The summed E-state index contributed by atoms with van der Waals surface area (Å²) in [7, 11) is -3.85. The second-order valence-corrected chi connectivity index (χ2v) is 7.05. The molecule has 1 aromatic carbocycles. The van der Waals surface area contributed by atoms with Crippen molar-refractivity contribution in [3.05, 3.63) is 24.3 Å². The van der Waals surface area contributed by atoms with E-state index >= 15 is 0 Å². The SMILES string of the molecule is O=S(=O)(NC1CCCCCC1)c1cccc(OC(F)(F)F)c1. The smallest absolute Gasteiger partial charge is 0.406 e. The summed E-state index contributed by atoms with van der Waals surface area (Å²) in [5.74, 6) is -0.545. The third-order valence-electron chi connectivity index (χ3n) is 3.53. The molecule has 8 heteroatoms. The van der Waals surface area contributed by atoms with Gasteiger partial charge in [-0.2, -0.15) is 0 Å². The summed E-state index contributed by atoms with van der Waals surface area (Å²) in [6.45, 7) is 0. The van der Waals surface area contributed by atoms with Crippen LogP contribution in [0.4, 0.5) is 13.2 Å². The molecule has 124 valence electrons. The van der Waals surface area contributed by atoms with E-state index in [-0.39, 0.29) is 10.9 Å². The van der Waals surface area contributed by atoms with E-state index in [9.17, 15) is 21.6 Å². The zero-order valence-electron chi connectivity index (χ0n) is 11.9. The van der Waals surface area contributed by atoms with Crippen LogP contribution in [0.15, 0.2) is 29.2 Å². The lowest BCUT2D eigenvalue weighted by atomic mass is 10.1. The van der Waals surface area contributed by atoms with Crippen LogP contribution in [-0.4, -0.2) is 20.8 Å². The van der Waals surface area contributed by atoms with Crippen molar-refractivity contribution < 1.29 is 26.3 Å². The highest BCUT2D eigenvalue weighted by Crippen LogP contribution is 2.25. The maximum atomic E-state index is 12.3. The Bertz CT molecular complexity index is 594. The van der Waals surface area contributed by atoms with E-state index < -0.39 is 22.1 Å². The second-order valence-electron chi connectivity index (χ2n) is 5.33. The van der Waals surface area contributed by atoms with Crippen molar-refractivity contribution in [3.8, 4) is 5.75 Å². The molecule has 4 nitrogen and oxygen atoms in total. The van der Waals surface area contributed by atoms with Crippen LogP contribution in [0.3, 0.4) is 0 Å². The Morgan fingerprint density at radius 2 is 1.73 bits per heavy atom. The fourth-order valence-electron chi connectivity index (χ4n) is 2.52. The highest BCUT2D eigenvalue weighted by atomic mass is 32.2. The summed E-state index contributed by atoms with van der Waals surface area (Å²) in [5.41, 5.74) is 0. The summed E-state index contributed by atoms with van der Waals surface area (Å²) < 4.78 is 67.5. The Balaban J connectivity index is 2.13. The summed E-state index contributed by atoms with van der Waals surface area (Å²) in [4.78, 5) is -0.224. The average Bonchev–Trinajstić information content (AvgIpc) is 2.65. The van der Waals surface area contributed by atoms with Crippen molar-refractivity contribution in [1.82, 2.24) is 4.72 Å². The van der Waals surface area contributed by atoms with Gasteiger partial charge < -0.3 is 4.74 Å². The van der Waals surface area contributed by atoms with Gasteiger partial charge in [-0.15, -0.1) is 13.2 Å². The lowest BCUT2D eigenvalue weighted by Gasteiger charge is -2.17. The van der Waals surface area contributed by atoms with E-state index in [0.717, 1.165) is 50.7 Å². The molecule has 1 N–H and O–H groups in total. The van der Waals surface area contributed by atoms with Crippen molar-refractivity contribution in [3.63, 3.8) is 0 Å². The fourth-order valence-corrected chi connectivity index (χ4v) is 3.86. The maximum absolute atomic E-state index is 12.3. The number of ether oxygens (including phenoxy) is 1. The molecule has 1 saturated carbocycles. The molecule has 1 aromatic rings. The molecule has 0 saturated heterocycles. The summed E-state index contributed by atoms with van der Waals surface area (Å²) in [5, 5.41) is 0. The Kier molecular flexibility index (Phi) is 5.33. The van der Waals surface area contributed by atoms with Crippen LogP contribution in [-0.2, 0) is 10.0 Å². The van der Waals surface area contributed by atoms with Gasteiger partial charge in [0.2, 0.25) is 10.0 Å². The molecule has 0 heterocycles. The van der Waals surface area contributed by atoms with Crippen LogP contribution in [0.25, 0.3) is 0 Å². The zero-order valence-corrected chi connectivity index (χ0v) is 12.7. The van der Waals surface area contributed by atoms with Crippen LogP contribution in [0.2, 0.25) is 0 Å². The van der Waals surface area contributed by atoms with Crippen LogP contribution >= 0.6 is 0 Å². The molecule has 0 spiro atoms. The van der Waals surface area contributed by atoms with Crippen molar-refractivity contribution in [2.45, 2.75) is 55.8 Å². The van der Waals surface area contributed by atoms with E-state index in [1.165, 1.54) is 12.1 Å². The van der Waals surface area contributed by atoms with Gasteiger partial charge in [0.15, 0.2) is 0 Å². The molecular formula is C14H18F3NO3S. The van der Waals surface area contributed by atoms with Crippen molar-refractivity contribution in [2.75, 3.05) is 0 Å². The molecule has 1 aliphatic rings. The van der Waals surface area contributed by atoms with Gasteiger partial charge in [-0.25, -0.2) is 13.1 Å². The van der Waals surface area contributed by atoms with Gasteiger partial charge in [-0.1, -0.05) is 31.7 Å². The number of alkyl halides is 3. The van der Waals surface area contributed by atoms with Gasteiger partial charge >= 0.3 is 6.36 Å². The van der Waals surface area contributed by atoms with E-state index in [2.05, 4.69) is 9.46 Å². The summed E-state index contributed by atoms with van der Waals surface area (Å²) >= 11 is 0. The third kappa shape index (κ3) is 5.17. The molecule has 2 rings (SSSR count). The Morgan fingerprint density at radius 3 is 2.32 bits per heavy atom. The molecule has 0 bridgehead atoms. The first kappa shape index (κ1) is 17.1. The topological polar surface area (TPSA) is 55.4 Å². The number of sulfonamides is 1. The quantitative estimate of drug-likeness (QED) is 0.854. The van der Waals surface area contributed by atoms with Gasteiger partial charge in [0, 0.05) is 12.1 Å². The van der Waals surface area contributed by atoms with Gasteiger partial charge in [0.05, 0.1) is 4.90 Å². The number of halogens is 3. The molecule has 0 radical (unpaired) electrons. The highest BCUT2D eigenvalue weighted by molar-refractivity contribution is 7.89. The predicted octanol–water partition coefficient (Wildman–Crippen LogP) is 3.59. The van der Waals surface area contributed by atoms with E-state index in [1.54, 1.807) is 0 Å². The third-order valence-corrected chi connectivity index (χ3v) is 5.04. The van der Waals surface area contributed by atoms with E-state index in [4.69, 9.17) is 0 Å². The molecule has 1 fully saturated rings. The predicted molar refractivity (Wildman–Crippen MR) is 74.9 cm³/mol. The van der Waals surface area contributed by atoms with Crippen LogP contribution in [0.1, 0.15) is 38.5 Å². The van der Waals surface area contributed by atoms with Gasteiger partial charge in [-0.3, -0.25) is 0 Å². The molecule has 0 atom stereocenters. The first-order chi connectivity index (χ1) is 10.3. The lowest BCUT2D eigenvalue weighted by Crippen LogP contribution is -2.34. The Hall–Kier alpha value is -1.28. The Labute approximate surface area is 127 Å². The monoisotopic (exact) mass is 337 g/mol. The zero-order chi connectivity index (χ0) is 16.2. The largest absolute Gasteiger partial charge is 0.573 e. The number of benzene rings is 1. The summed E-state index contributed by atoms with van der Waals surface area (Å²) in [6, 6.07) is 4.26. The first-order valence-electron chi connectivity index (χ1n) is 7.14. The van der Waals surface area contributed by atoms with Crippen molar-refractivity contribution >= 4 is 10.0 Å². The van der Waals surface area contributed by atoms with Crippen LogP contribution < -0.4 is 9.46 Å². The molecule has 22 heavy (non-hydrogen) atoms. The number of rotatable bonds is 4. The maximum Gasteiger partial charge on any atom is 0.573 e. The molecule has 0 aliphatic heterocycles. The first-order valence-corrected chi connectivity index (χ1v) is 8.63. The molecular weight excluding hydrogens is 319 g/mol. The minimum Gasteiger partial charge on any atom is -0.406 e. The van der Waals surface area contributed by atoms with Gasteiger partial charge in [0.1, 0.15) is 5.75 Å². The number of nitrogens with one attached hydrogen (secondary N) is 1. The minimum absolute atomic E-state index is 0.167. The van der Waals surface area contributed by atoms with Gasteiger partial charge in [0.25, 0.3) is 0 Å². The highest BCUT2D eigenvalue weighted by Gasteiger charge is 2.31. The molecule has 0 unspecified atom stereocenters. The standard InChI is InChI=1S/C14H18F3NO3S/c15-14(16,17)21-12-8-5-9-13(10-12)22(19,20)18-11-6-3-1-2-4-7-11/h5,8-11,18H,1-4,6-7H2. The van der Waals surface area contributed by atoms with Crippen molar-refractivity contribution in [1.29, 1.82) is 0 Å². The van der Waals surface area contributed by atoms with Crippen LogP contribution in [0, 0.1) is 0 Å². The molecule has 0 amide bonds. The van der Waals surface area contributed by atoms with Crippen LogP contribution in [0.5, 0.6) is 5.75 Å². The van der Waals surface area contributed by atoms with E-state index in [1.807, 2.05) is 0 Å². The fraction of sp³-hybridized carbons (Fsp3) is 0.571.